The van der Waals surface area contributed by atoms with Crippen molar-refractivity contribution in [2.75, 3.05) is 31.1 Å². The Kier molecular flexibility index (Phi) is 7.52. The van der Waals surface area contributed by atoms with Crippen LogP contribution in [0.4, 0.5) is 0 Å². The molecule has 1 aliphatic heterocycles. The number of hydrogen-bond donors (Lipinski definition) is 2. The number of thioether (sulfide) groups is 1. The largest absolute Gasteiger partial charge is 0.349 e. The molecule has 0 aliphatic carbocycles. The van der Waals surface area contributed by atoms with Gasteiger partial charge in [-0.15, -0.1) is 11.8 Å². The molecule has 6 heteroatoms. The average molecular weight is 315 g/mol. The van der Waals surface area contributed by atoms with E-state index >= 15 is 0 Å². The van der Waals surface area contributed by atoms with E-state index in [1.807, 2.05) is 25.7 Å². The van der Waals surface area contributed by atoms with Crippen LogP contribution in [0.15, 0.2) is 0 Å². The first-order chi connectivity index (χ1) is 9.89. The fourth-order valence-electron chi connectivity index (χ4n) is 2.25. The Morgan fingerprint density at radius 2 is 1.86 bits per heavy atom. The summed E-state index contributed by atoms with van der Waals surface area (Å²) in [6, 6.07) is 0. The first-order valence-corrected chi connectivity index (χ1v) is 8.91. The molecule has 0 aromatic rings. The van der Waals surface area contributed by atoms with E-state index in [4.69, 9.17) is 5.73 Å². The van der Waals surface area contributed by atoms with Crippen LogP contribution >= 0.6 is 11.8 Å². The monoisotopic (exact) mass is 315 g/mol. The average Bonchev–Trinajstić information content (AvgIpc) is 2.47. The summed E-state index contributed by atoms with van der Waals surface area (Å²) in [5.74, 6) is 1.06. The lowest BCUT2D eigenvalue weighted by Gasteiger charge is -2.33. The fourth-order valence-corrected chi connectivity index (χ4v) is 2.97. The van der Waals surface area contributed by atoms with E-state index in [1.54, 1.807) is 0 Å². The number of nitrogens with zero attached hydrogens (tertiary/aromatic N) is 1. The summed E-state index contributed by atoms with van der Waals surface area (Å²) in [5, 5.41) is 2.99. The minimum Gasteiger partial charge on any atom is -0.349 e. The predicted octanol–water partition coefficient (Wildman–Crippen LogP) is 1.22. The third-order valence-corrected chi connectivity index (χ3v) is 5.21. The minimum atomic E-state index is -0.380. The number of piperidine rings is 1. The molecular weight excluding hydrogens is 286 g/mol. The summed E-state index contributed by atoms with van der Waals surface area (Å²) in [4.78, 5) is 25.9. The van der Waals surface area contributed by atoms with E-state index in [2.05, 4.69) is 5.32 Å². The van der Waals surface area contributed by atoms with Crippen LogP contribution in [0.2, 0.25) is 0 Å². The van der Waals surface area contributed by atoms with Crippen molar-refractivity contribution in [1.82, 2.24) is 10.2 Å². The van der Waals surface area contributed by atoms with Gasteiger partial charge in [-0.2, -0.15) is 0 Å². The van der Waals surface area contributed by atoms with Crippen molar-refractivity contribution < 1.29 is 9.59 Å². The molecule has 0 aromatic carbocycles. The SMILES string of the molecule is CC(C)C(C)(CN)NC(=O)CSCC(=O)N1CCCCC1. The third kappa shape index (κ3) is 5.87. The van der Waals surface area contributed by atoms with Crippen molar-refractivity contribution in [2.45, 2.75) is 45.6 Å². The first-order valence-electron chi connectivity index (χ1n) is 7.75. The van der Waals surface area contributed by atoms with Crippen LogP contribution in [-0.4, -0.2) is 53.4 Å². The number of carbonyl (C=O) groups is 2. The van der Waals surface area contributed by atoms with Crippen LogP contribution in [0.1, 0.15) is 40.0 Å². The topological polar surface area (TPSA) is 75.4 Å². The lowest BCUT2D eigenvalue weighted by Crippen LogP contribution is -2.55. The smallest absolute Gasteiger partial charge is 0.232 e. The maximum Gasteiger partial charge on any atom is 0.232 e. The molecular formula is C15H29N3O2S. The Balaban J connectivity index is 2.28. The molecule has 0 aromatic heterocycles. The van der Waals surface area contributed by atoms with Gasteiger partial charge in [0.05, 0.1) is 17.0 Å². The maximum atomic E-state index is 12.0. The molecule has 122 valence electrons. The van der Waals surface area contributed by atoms with E-state index in [0.717, 1.165) is 25.9 Å². The molecule has 0 bridgehead atoms. The molecule has 1 rings (SSSR count). The van der Waals surface area contributed by atoms with Crippen molar-refractivity contribution in [3.8, 4) is 0 Å². The van der Waals surface area contributed by atoms with Gasteiger partial charge in [0, 0.05) is 19.6 Å². The number of rotatable bonds is 7. The standard InChI is InChI=1S/C15H29N3O2S/c1-12(2)15(3,11-16)17-13(19)9-21-10-14(20)18-7-5-4-6-8-18/h12H,4-11,16H2,1-3H3,(H,17,19). The highest BCUT2D eigenvalue weighted by molar-refractivity contribution is 8.00. The summed E-state index contributed by atoms with van der Waals surface area (Å²) in [7, 11) is 0. The van der Waals surface area contributed by atoms with E-state index in [0.29, 0.717) is 18.1 Å². The highest BCUT2D eigenvalue weighted by Crippen LogP contribution is 2.15. The number of nitrogens with two attached hydrogens (primary N) is 1. The molecule has 21 heavy (non-hydrogen) atoms. The van der Waals surface area contributed by atoms with Crippen LogP contribution in [-0.2, 0) is 9.59 Å². The Morgan fingerprint density at radius 1 is 1.24 bits per heavy atom. The van der Waals surface area contributed by atoms with Crippen LogP contribution in [0.3, 0.4) is 0 Å². The number of carbonyl (C=O) groups excluding carboxylic acids is 2. The first kappa shape index (κ1) is 18.3. The zero-order valence-corrected chi connectivity index (χ0v) is 14.3. The zero-order chi connectivity index (χ0) is 15.9. The van der Waals surface area contributed by atoms with Gasteiger partial charge in [0.1, 0.15) is 0 Å². The predicted molar refractivity (Wildman–Crippen MR) is 88.2 cm³/mol. The van der Waals surface area contributed by atoms with Crippen LogP contribution in [0.5, 0.6) is 0 Å². The minimum absolute atomic E-state index is 0.0481. The van der Waals surface area contributed by atoms with Gasteiger partial charge in [-0.05, 0) is 32.1 Å². The molecule has 0 radical (unpaired) electrons. The summed E-state index contributed by atoms with van der Waals surface area (Å²) < 4.78 is 0. The molecule has 2 amide bonds. The highest BCUT2D eigenvalue weighted by Gasteiger charge is 2.28. The summed E-state index contributed by atoms with van der Waals surface area (Å²) in [6.07, 6.45) is 3.41. The van der Waals surface area contributed by atoms with Crippen molar-refractivity contribution in [3.63, 3.8) is 0 Å². The molecule has 0 saturated carbocycles. The van der Waals surface area contributed by atoms with Crippen molar-refractivity contribution in [1.29, 1.82) is 0 Å². The van der Waals surface area contributed by atoms with Gasteiger partial charge in [-0.1, -0.05) is 13.8 Å². The van der Waals surface area contributed by atoms with Gasteiger partial charge in [-0.25, -0.2) is 0 Å². The van der Waals surface area contributed by atoms with E-state index in [9.17, 15) is 9.59 Å². The summed E-state index contributed by atoms with van der Waals surface area (Å²) in [6.45, 7) is 8.18. The van der Waals surface area contributed by atoms with Crippen molar-refractivity contribution in [3.05, 3.63) is 0 Å². The lowest BCUT2D eigenvalue weighted by atomic mass is 9.88. The van der Waals surface area contributed by atoms with Crippen molar-refractivity contribution >= 4 is 23.6 Å². The lowest BCUT2D eigenvalue weighted by molar-refractivity contribution is -0.129. The number of likely N-dealkylation sites (tertiary alicyclic amines) is 1. The number of hydrogen-bond acceptors (Lipinski definition) is 4. The van der Waals surface area contributed by atoms with E-state index in [1.165, 1.54) is 18.2 Å². The maximum absolute atomic E-state index is 12.0. The quantitative estimate of drug-likeness (QED) is 0.741. The van der Waals surface area contributed by atoms with Gasteiger partial charge >= 0.3 is 0 Å². The summed E-state index contributed by atoms with van der Waals surface area (Å²) >= 11 is 1.38. The van der Waals surface area contributed by atoms with Crippen LogP contribution < -0.4 is 11.1 Å². The fraction of sp³-hybridized carbons (Fsp3) is 0.867. The molecule has 3 N–H and O–H groups in total. The highest BCUT2D eigenvalue weighted by atomic mass is 32.2. The van der Waals surface area contributed by atoms with Crippen molar-refractivity contribution in [2.24, 2.45) is 11.7 Å². The molecule has 1 heterocycles. The molecule has 1 saturated heterocycles. The molecule has 0 spiro atoms. The second kappa shape index (κ2) is 8.63. The normalized spacial score (nSPS) is 18.4. The van der Waals surface area contributed by atoms with Gasteiger partial charge in [0.25, 0.3) is 0 Å². The van der Waals surface area contributed by atoms with Crippen LogP contribution in [0, 0.1) is 5.92 Å². The van der Waals surface area contributed by atoms with Gasteiger partial charge in [0.2, 0.25) is 11.8 Å². The Hall–Kier alpha value is -0.750. The molecule has 1 atom stereocenters. The third-order valence-electron chi connectivity index (χ3n) is 4.29. The zero-order valence-electron chi connectivity index (χ0n) is 13.5. The van der Waals surface area contributed by atoms with Gasteiger partial charge < -0.3 is 16.0 Å². The Bertz CT molecular complexity index is 357. The van der Waals surface area contributed by atoms with E-state index < -0.39 is 0 Å². The second-order valence-corrected chi connectivity index (χ2v) is 7.24. The molecule has 5 nitrogen and oxygen atoms in total. The number of nitrogens with one attached hydrogen (secondary N) is 1. The number of amides is 2. The van der Waals surface area contributed by atoms with Crippen LogP contribution in [0.25, 0.3) is 0 Å². The van der Waals surface area contributed by atoms with Gasteiger partial charge in [-0.3, -0.25) is 9.59 Å². The summed E-state index contributed by atoms with van der Waals surface area (Å²) in [5.41, 5.74) is 5.37. The molecule has 1 fully saturated rings. The van der Waals surface area contributed by atoms with Gasteiger partial charge in [0.15, 0.2) is 0 Å². The Morgan fingerprint density at radius 3 is 2.38 bits per heavy atom. The Labute approximate surface area is 132 Å². The van der Waals surface area contributed by atoms with E-state index in [-0.39, 0.29) is 23.3 Å². The second-order valence-electron chi connectivity index (χ2n) is 6.26. The molecule has 1 aliphatic rings. The molecule has 1 unspecified atom stereocenters.